The van der Waals surface area contributed by atoms with Crippen LogP contribution in [0.1, 0.15) is 22.8 Å². The average molecular weight is 338 g/mol. The summed E-state index contributed by atoms with van der Waals surface area (Å²) in [6.07, 6.45) is 0. The van der Waals surface area contributed by atoms with Crippen LogP contribution in [0.3, 0.4) is 0 Å². The highest BCUT2D eigenvalue weighted by atomic mass is 35.5. The molecule has 0 unspecified atom stereocenters. The lowest BCUT2D eigenvalue weighted by Gasteiger charge is -2.20. The van der Waals surface area contributed by atoms with E-state index in [0.29, 0.717) is 13.1 Å². The Morgan fingerprint density at radius 3 is 2.14 bits per heavy atom. The maximum atomic E-state index is 12.7. The fourth-order valence-electron chi connectivity index (χ4n) is 2.06. The minimum atomic E-state index is -3.61. The van der Waals surface area contributed by atoms with Crippen LogP contribution in [0.5, 0.6) is 0 Å². The van der Waals surface area contributed by atoms with E-state index in [0.717, 1.165) is 5.56 Å². The molecule has 0 atom stereocenters. The van der Waals surface area contributed by atoms with Crippen LogP contribution in [0.25, 0.3) is 0 Å². The van der Waals surface area contributed by atoms with Crippen molar-refractivity contribution in [2.45, 2.75) is 18.4 Å². The molecule has 0 saturated heterocycles. The third-order valence-corrected chi connectivity index (χ3v) is 5.43. The second-order valence-corrected chi connectivity index (χ2v) is 7.00. The maximum absolute atomic E-state index is 12.7. The van der Waals surface area contributed by atoms with Gasteiger partial charge in [0.15, 0.2) is 0 Å². The molecule has 0 aromatic heterocycles. The predicted octanol–water partition coefficient (Wildman–Crippen LogP) is 3.28. The first-order chi connectivity index (χ1) is 10.4. The van der Waals surface area contributed by atoms with Crippen molar-refractivity contribution < 1.29 is 13.2 Å². The summed E-state index contributed by atoms with van der Waals surface area (Å²) < 4.78 is 26.7. The molecule has 22 heavy (non-hydrogen) atoms. The molecule has 0 radical (unpaired) electrons. The Morgan fingerprint density at radius 1 is 1.05 bits per heavy atom. The lowest BCUT2D eigenvalue weighted by atomic mass is 10.2. The molecule has 0 heterocycles. The number of rotatable bonds is 6. The zero-order chi connectivity index (χ0) is 16.2. The topological polar surface area (TPSA) is 54.5 Å². The Hall–Kier alpha value is -1.69. The Labute approximate surface area is 135 Å². The molecular weight excluding hydrogens is 322 g/mol. The van der Waals surface area contributed by atoms with E-state index in [-0.39, 0.29) is 10.5 Å². The molecule has 0 aliphatic carbocycles. The van der Waals surface area contributed by atoms with Crippen molar-refractivity contribution in [3.05, 3.63) is 65.7 Å². The van der Waals surface area contributed by atoms with Crippen LogP contribution < -0.4 is 0 Å². The molecule has 0 N–H and O–H groups in total. The van der Waals surface area contributed by atoms with E-state index in [4.69, 9.17) is 11.6 Å². The quantitative estimate of drug-likeness (QED) is 0.760. The number of carbonyl (C=O) groups is 1. The van der Waals surface area contributed by atoms with Gasteiger partial charge in [0.1, 0.15) is 0 Å². The van der Waals surface area contributed by atoms with Gasteiger partial charge in [0.05, 0.1) is 4.90 Å². The van der Waals surface area contributed by atoms with Crippen molar-refractivity contribution in [1.82, 2.24) is 4.31 Å². The van der Waals surface area contributed by atoms with Crippen molar-refractivity contribution >= 4 is 26.9 Å². The first-order valence-corrected chi connectivity index (χ1v) is 8.61. The van der Waals surface area contributed by atoms with Gasteiger partial charge in [0, 0.05) is 18.7 Å². The summed E-state index contributed by atoms with van der Waals surface area (Å²) in [5.74, 6) is 0. The zero-order valence-corrected chi connectivity index (χ0v) is 13.6. The lowest BCUT2D eigenvalue weighted by molar-refractivity contribution is 0.108. The molecule has 0 fully saturated rings. The Morgan fingerprint density at radius 2 is 1.64 bits per heavy atom. The molecule has 116 valence electrons. The molecule has 2 rings (SSSR count). The molecule has 0 bridgehead atoms. The standard InChI is InChI=1S/C16H16ClNO3S/c1-2-18(12-13-6-4-3-5-7-13)22(20,21)15-10-8-14(9-11-15)16(17)19/h3-11H,2,12H2,1H3. The molecule has 4 nitrogen and oxygen atoms in total. The molecule has 0 amide bonds. The molecule has 0 spiro atoms. The zero-order valence-electron chi connectivity index (χ0n) is 12.1. The monoisotopic (exact) mass is 337 g/mol. The van der Waals surface area contributed by atoms with Crippen molar-refractivity contribution in [3.63, 3.8) is 0 Å². The Kier molecular flexibility index (Phi) is 5.34. The van der Waals surface area contributed by atoms with E-state index in [1.165, 1.54) is 28.6 Å². The van der Waals surface area contributed by atoms with Gasteiger partial charge in [-0.25, -0.2) is 8.42 Å². The Bertz CT molecular complexity index is 743. The molecule has 2 aromatic rings. The summed E-state index contributed by atoms with van der Waals surface area (Å²) in [6.45, 7) is 2.44. The second-order valence-electron chi connectivity index (χ2n) is 4.71. The minimum absolute atomic E-state index is 0.145. The smallest absolute Gasteiger partial charge is 0.252 e. The third-order valence-electron chi connectivity index (χ3n) is 3.27. The predicted molar refractivity (Wildman–Crippen MR) is 86.3 cm³/mol. The van der Waals surface area contributed by atoms with Crippen molar-refractivity contribution in [2.24, 2.45) is 0 Å². The summed E-state index contributed by atoms with van der Waals surface area (Å²) in [7, 11) is -3.61. The number of hydrogen-bond donors (Lipinski definition) is 0. The van der Waals surface area contributed by atoms with Gasteiger partial charge >= 0.3 is 0 Å². The van der Waals surface area contributed by atoms with Crippen LogP contribution >= 0.6 is 11.6 Å². The number of carbonyl (C=O) groups excluding carboxylic acids is 1. The van der Waals surface area contributed by atoms with E-state index < -0.39 is 15.3 Å². The summed E-state index contributed by atoms with van der Waals surface area (Å²) in [6, 6.07) is 15.0. The van der Waals surface area contributed by atoms with Gasteiger partial charge in [0.2, 0.25) is 10.0 Å². The number of halogens is 1. The number of hydrogen-bond acceptors (Lipinski definition) is 3. The van der Waals surface area contributed by atoms with Crippen LogP contribution in [-0.4, -0.2) is 24.5 Å². The minimum Gasteiger partial charge on any atom is -0.276 e. The summed E-state index contributed by atoms with van der Waals surface area (Å²) in [4.78, 5) is 11.2. The highest BCUT2D eigenvalue weighted by Gasteiger charge is 2.23. The van der Waals surface area contributed by atoms with Crippen LogP contribution in [0.15, 0.2) is 59.5 Å². The fraction of sp³-hybridized carbons (Fsp3) is 0.188. The van der Waals surface area contributed by atoms with Crippen LogP contribution in [0, 0.1) is 0 Å². The number of benzene rings is 2. The van der Waals surface area contributed by atoms with Gasteiger partial charge in [0.25, 0.3) is 5.24 Å². The molecule has 2 aromatic carbocycles. The van der Waals surface area contributed by atoms with Gasteiger partial charge in [-0.2, -0.15) is 4.31 Å². The molecule has 0 aliphatic rings. The molecule has 0 aliphatic heterocycles. The maximum Gasteiger partial charge on any atom is 0.252 e. The largest absolute Gasteiger partial charge is 0.276 e. The second kappa shape index (κ2) is 7.05. The lowest BCUT2D eigenvalue weighted by Crippen LogP contribution is -2.30. The molecule has 6 heteroatoms. The van der Waals surface area contributed by atoms with Crippen molar-refractivity contribution in [2.75, 3.05) is 6.54 Å². The number of sulfonamides is 1. The molecular formula is C16H16ClNO3S. The fourth-order valence-corrected chi connectivity index (χ4v) is 3.62. The third kappa shape index (κ3) is 3.74. The van der Waals surface area contributed by atoms with E-state index in [2.05, 4.69) is 0 Å². The van der Waals surface area contributed by atoms with Gasteiger partial charge in [-0.1, -0.05) is 37.3 Å². The molecule has 0 saturated carbocycles. The van der Waals surface area contributed by atoms with Crippen molar-refractivity contribution in [3.8, 4) is 0 Å². The van der Waals surface area contributed by atoms with Gasteiger partial charge in [-0.05, 0) is 41.4 Å². The average Bonchev–Trinajstić information content (AvgIpc) is 2.53. The van der Waals surface area contributed by atoms with Crippen LogP contribution in [0.4, 0.5) is 0 Å². The summed E-state index contributed by atoms with van der Waals surface area (Å²) >= 11 is 5.37. The van der Waals surface area contributed by atoms with Crippen molar-refractivity contribution in [1.29, 1.82) is 0 Å². The van der Waals surface area contributed by atoms with Crippen LogP contribution in [0.2, 0.25) is 0 Å². The highest BCUT2D eigenvalue weighted by molar-refractivity contribution is 7.89. The first kappa shape index (κ1) is 16.7. The normalized spacial score (nSPS) is 11.6. The van der Waals surface area contributed by atoms with Gasteiger partial charge < -0.3 is 0 Å². The van der Waals surface area contributed by atoms with Crippen LogP contribution in [-0.2, 0) is 16.6 Å². The Balaban J connectivity index is 2.28. The van der Waals surface area contributed by atoms with E-state index >= 15 is 0 Å². The van der Waals surface area contributed by atoms with E-state index in [1.54, 1.807) is 6.92 Å². The number of nitrogens with zero attached hydrogens (tertiary/aromatic N) is 1. The first-order valence-electron chi connectivity index (χ1n) is 6.79. The van der Waals surface area contributed by atoms with Gasteiger partial charge in [-0.15, -0.1) is 0 Å². The van der Waals surface area contributed by atoms with E-state index in [1.807, 2.05) is 30.3 Å². The summed E-state index contributed by atoms with van der Waals surface area (Å²) in [5.41, 5.74) is 1.19. The van der Waals surface area contributed by atoms with E-state index in [9.17, 15) is 13.2 Å². The SMILES string of the molecule is CCN(Cc1ccccc1)S(=O)(=O)c1ccc(C(=O)Cl)cc1. The van der Waals surface area contributed by atoms with Gasteiger partial charge in [-0.3, -0.25) is 4.79 Å². The summed E-state index contributed by atoms with van der Waals surface area (Å²) in [5, 5.41) is -0.611. The highest BCUT2D eigenvalue weighted by Crippen LogP contribution is 2.19.